The van der Waals surface area contributed by atoms with Crippen LogP contribution in [0.4, 0.5) is 5.82 Å². The molecule has 4 heterocycles. The number of hydrogen-bond donors (Lipinski definition) is 0. The summed E-state index contributed by atoms with van der Waals surface area (Å²) in [4.78, 5) is 38.4. The number of pyridine rings is 1. The summed E-state index contributed by atoms with van der Waals surface area (Å²) in [7, 11) is 0. The van der Waals surface area contributed by atoms with Crippen LogP contribution in [0, 0.1) is 0 Å². The minimum atomic E-state index is -0.184. The van der Waals surface area contributed by atoms with Crippen molar-refractivity contribution in [3.05, 3.63) is 81.1 Å². The number of thiocarbonyl (C=S) groups is 1. The fourth-order valence-corrected chi connectivity index (χ4v) is 6.04. The molecule has 2 fully saturated rings. The summed E-state index contributed by atoms with van der Waals surface area (Å²) in [5.41, 5.74) is 2.13. The summed E-state index contributed by atoms with van der Waals surface area (Å²) >= 11 is 6.76. The topological polar surface area (TPSA) is 61.2 Å². The fourth-order valence-electron chi connectivity index (χ4n) is 4.59. The van der Waals surface area contributed by atoms with E-state index in [0.29, 0.717) is 26.3 Å². The van der Waals surface area contributed by atoms with Crippen molar-refractivity contribution >= 4 is 51.7 Å². The van der Waals surface area contributed by atoms with Crippen LogP contribution >= 0.6 is 24.0 Å². The summed E-state index contributed by atoms with van der Waals surface area (Å²) in [5.74, 6) is 0.481. The van der Waals surface area contributed by atoms with Gasteiger partial charge in [-0.2, -0.15) is 0 Å². The van der Waals surface area contributed by atoms with E-state index in [2.05, 4.69) is 34.1 Å². The van der Waals surface area contributed by atoms with Crippen molar-refractivity contribution < 1.29 is 4.79 Å². The Morgan fingerprint density at radius 1 is 1.06 bits per heavy atom. The van der Waals surface area contributed by atoms with Crippen molar-refractivity contribution in [1.29, 1.82) is 0 Å². The lowest BCUT2D eigenvalue weighted by Crippen LogP contribution is -2.47. The molecule has 2 aliphatic rings. The fraction of sp³-hybridized carbons (Fsp3) is 0.333. The average Bonchev–Trinajstić information content (AvgIpc) is 3.18. The standard InChI is InChI=1S/C27H29N5O2S2/c1-3-19(2)32-26(34)22(36-27(32)35)17-21-24(28-23-11-7-8-12-31(23)25(21)33)30-15-13-29(14-16-30)18-20-9-5-4-6-10-20/h4-12,17,19H,3,13-16,18H2,1-2H3/b22-17+. The molecule has 0 spiro atoms. The van der Waals surface area contributed by atoms with Crippen LogP contribution in [0.25, 0.3) is 11.7 Å². The van der Waals surface area contributed by atoms with Crippen LogP contribution in [-0.4, -0.2) is 61.6 Å². The maximum absolute atomic E-state index is 13.6. The Bertz CT molecular complexity index is 1380. The summed E-state index contributed by atoms with van der Waals surface area (Å²) in [5, 5.41) is 0. The molecule has 1 aromatic carbocycles. The highest BCUT2D eigenvalue weighted by molar-refractivity contribution is 8.26. The van der Waals surface area contributed by atoms with Gasteiger partial charge in [-0.25, -0.2) is 4.98 Å². The molecule has 2 aromatic heterocycles. The van der Waals surface area contributed by atoms with Gasteiger partial charge in [-0.1, -0.05) is 67.3 Å². The SMILES string of the molecule is CCC(C)N1C(=O)/C(=C\c2c(N3CCN(Cc4ccccc4)CC3)nc3ccccn3c2=O)SC1=S. The van der Waals surface area contributed by atoms with Gasteiger partial charge in [-0.05, 0) is 37.1 Å². The highest BCUT2D eigenvalue weighted by atomic mass is 32.2. The lowest BCUT2D eigenvalue weighted by Gasteiger charge is -2.36. The molecule has 2 saturated heterocycles. The Labute approximate surface area is 220 Å². The third-order valence-corrected chi connectivity index (χ3v) is 8.13. The average molecular weight is 520 g/mol. The molecule has 0 N–H and O–H groups in total. The molecule has 3 aromatic rings. The lowest BCUT2D eigenvalue weighted by molar-refractivity contribution is -0.123. The normalized spacial score (nSPS) is 19.0. The Hall–Kier alpha value is -3.01. The van der Waals surface area contributed by atoms with Crippen molar-refractivity contribution in [2.45, 2.75) is 32.9 Å². The predicted octanol–water partition coefficient (Wildman–Crippen LogP) is 4.02. The number of thioether (sulfide) groups is 1. The zero-order valence-electron chi connectivity index (χ0n) is 20.5. The van der Waals surface area contributed by atoms with Crippen LogP contribution in [-0.2, 0) is 11.3 Å². The van der Waals surface area contributed by atoms with Gasteiger partial charge in [0, 0.05) is 45.0 Å². The van der Waals surface area contributed by atoms with Gasteiger partial charge in [0.1, 0.15) is 15.8 Å². The first-order chi connectivity index (χ1) is 17.5. The van der Waals surface area contributed by atoms with Crippen molar-refractivity contribution in [3.63, 3.8) is 0 Å². The van der Waals surface area contributed by atoms with Crippen LogP contribution < -0.4 is 10.5 Å². The second kappa shape index (κ2) is 10.5. The maximum Gasteiger partial charge on any atom is 0.267 e. The molecule has 186 valence electrons. The van der Waals surface area contributed by atoms with E-state index in [0.717, 1.165) is 39.1 Å². The molecular weight excluding hydrogens is 490 g/mol. The smallest absolute Gasteiger partial charge is 0.267 e. The highest BCUT2D eigenvalue weighted by Crippen LogP contribution is 2.35. The number of benzene rings is 1. The number of amides is 1. The minimum Gasteiger partial charge on any atom is -0.353 e. The molecule has 0 aliphatic carbocycles. The predicted molar refractivity (Wildman–Crippen MR) is 150 cm³/mol. The molecule has 36 heavy (non-hydrogen) atoms. The van der Waals surface area contributed by atoms with Crippen LogP contribution in [0.3, 0.4) is 0 Å². The Kier molecular flexibility index (Phi) is 7.22. The molecule has 0 bridgehead atoms. The van der Waals surface area contributed by atoms with E-state index in [1.807, 2.05) is 38.1 Å². The van der Waals surface area contributed by atoms with Gasteiger partial charge in [0.25, 0.3) is 11.5 Å². The largest absolute Gasteiger partial charge is 0.353 e. The van der Waals surface area contributed by atoms with Crippen LogP contribution in [0.1, 0.15) is 31.4 Å². The van der Waals surface area contributed by atoms with Crippen molar-refractivity contribution in [1.82, 2.24) is 19.2 Å². The van der Waals surface area contributed by atoms with Gasteiger partial charge < -0.3 is 4.90 Å². The zero-order chi connectivity index (χ0) is 25.2. The number of carbonyl (C=O) groups is 1. The lowest BCUT2D eigenvalue weighted by atomic mass is 10.1. The number of rotatable bonds is 6. The Morgan fingerprint density at radius 2 is 1.78 bits per heavy atom. The molecule has 5 rings (SSSR count). The minimum absolute atomic E-state index is 0.0105. The molecule has 9 heteroatoms. The zero-order valence-corrected chi connectivity index (χ0v) is 22.1. The summed E-state index contributed by atoms with van der Waals surface area (Å²) < 4.78 is 2.07. The molecule has 1 amide bonds. The van der Waals surface area contributed by atoms with E-state index in [-0.39, 0.29) is 17.5 Å². The second-order valence-electron chi connectivity index (χ2n) is 9.14. The van der Waals surface area contributed by atoms with Gasteiger partial charge in [-0.15, -0.1) is 0 Å². The molecule has 0 radical (unpaired) electrons. The monoisotopic (exact) mass is 519 g/mol. The van der Waals surface area contributed by atoms with Crippen LogP contribution in [0.2, 0.25) is 0 Å². The Balaban J connectivity index is 1.47. The van der Waals surface area contributed by atoms with E-state index >= 15 is 0 Å². The number of carbonyl (C=O) groups excluding carboxylic acids is 1. The summed E-state index contributed by atoms with van der Waals surface area (Å²) in [6.45, 7) is 8.13. The van der Waals surface area contributed by atoms with E-state index < -0.39 is 0 Å². The first-order valence-corrected chi connectivity index (χ1v) is 13.5. The molecule has 0 saturated carbocycles. The quantitative estimate of drug-likeness (QED) is 0.360. The second-order valence-corrected chi connectivity index (χ2v) is 10.8. The van der Waals surface area contributed by atoms with Gasteiger partial charge >= 0.3 is 0 Å². The van der Waals surface area contributed by atoms with Crippen LogP contribution in [0.5, 0.6) is 0 Å². The van der Waals surface area contributed by atoms with E-state index in [4.69, 9.17) is 17.2 Å². The number of piperazine rings is 1. The van der Waals surface area contributed by atoms with Gasteiger partial charge in [-0.3, -0.25) is 23.8 Å². The van der Waals surface area contributed by atoms with Gasteiger partial charge in [0.05, 0.1) is 10.5 Å². The van der Waals surface area contributed by atoms with E-state index in [1.165, 1.54) is 21.7 Å². The summed E-state index contributed by atoms with van der Waals surface area (Å²) in [6.07, 6.45) is 4.22. The third kappa shape index (κ3) is 4.83. The number of anilines is 1. The molecule has 7 nitrogen and oxygen atoms in total. The number of nitrogens with zero attached hydrogens (tertiary/aromatic N) is 5. The highest BCUT2D eigenvalue weighted by Gasteiger charge is 2.35. The first kappa shape index (κ1) is 24.7. The molecular formula is C27H29N5O2S2. The van der Waals surface area contributed by atoms with Crippen molar-refractivity contribution in [2.75, 3.05) is 31.1 Å². The van der Waals surface area contributed by atoms with E-state index in [1.54, 1.807) is 17.2 Å². The number of hydrogen-bond acceptors (Lipinski definition) is 7. The van der Waals surface area contributed by atoms with Crippen LogP contribution in [0.15, 0.2) is 64.4 Å². The summed E-state index contributed by atoms with van der Waals surface area (Å²) in [6, 6.07) is 16.0. The van der Waals surface area contributed by atoms with Crippen molar-refractivity contribution in [3.8, 4) is 0 Å². The Morgan fingerprint density at radius 3 is 2.50 bits per heavy atom. The number of aromatic nitrogens is 2. The maximum atomic E-state index is 13.6. The molecule has 2 aliphatic heterocycles. The third-order valence-electron chi connectivity index (χ3n) is 6.80. The first-order valence-electron chi connectivity index (χ1n) is 12.3. The van der Waals surface area contributed by atoms with Gasteiger partial charge in [0.15, 0.2) is 0 Å². The molecule has 1 unspecified atom stereocenters. The number of fused-ring (bicyclic) bond motifs is 1. The van der Waals surface area contributed by atoms with Gasteiger partial charge in [0.2, 0.25) is 0 Å². The molecule has 1 atom stereocenters. The van der Waals surface area contributed by atoms with Crippen molar-refractivity contribution in [2.24, 2.45) is 0 Å². The van der Waals surface area contributed by atoms with E-state index in [9.17, 15) is 9.59 Å².